The number of para-hydroxylation sites is 1. The van der Waals surface area contributed by atoms with Crippen LogP contribution in [-0.2, 0) is 6.18 Å². The smallest absolute Gasteiger partial charge is 0.420 e. The van der Waals surface area contributed by atoms with Gasteiger partial charge in [0.25, 0.3) is 0 Å². The summed E-state index contributed by atoms with van der Waals surface area (Å²) in [5, 5.41) is 2.28. The first-order valence-corrected chi connectivity index (χ1v) is 11.0. The molecule has 0 saturated heterocycles. The summed E-state index contributed by atoms with van der Waals surface area (Å²) < 4.78 is 46.9. The number of alkyl halides is 3. The number of nitrogens with zero attached hydrogens (tertiary/aromatic N) is 2. The summed E-state index contributed by atoms with van der Waals surface area (Å²) in [4.78, 5) is 29.1. The molecule has 0 atom stereocenters. The van der Waals surface area contributed by atoms with E-state index in [0.717, 1.165) is 41.0 Å². The number of carbonyl (C=O) groups excluding carboxylic acids is 2. The lowest BCUT2D eigenvalue weighted by atomic mass is 10.1. The largest absolute Gasteiger partial charge is 0.493 e. The molecular formula is C21H20F3N3O3S2. The Balaban J connectivity index is 1.73. The minimum atomic E-state index is -4.68. The Hall–Kier alpha value is -2.79. The van der Waals surface area contributed by atoms with Crippen LogP contribution in [0.2, 0.25) is 0 Å². The summed E-state index contributed by atoms with van der Waals surface area (Å²) in [6.07, 6.45) is -2.29. The van der Waals surface area contributed by atoms with Gasteiger partial charge in [-0.2, -0.15) is 13.2 Å². The molecule has 0 bridgehead atoms. The van der Waals surface area contributed by atoms with Gasteiger partial charge in [0.15, 0.2) is 5.01 Å². The van der Waals surface area contributed by atoms with Crippen molar-refractivity contribution in [2.75, 3.05) is 11.9 Å². The average molecular weight is 484 g/mol. The van der Waals surface area contributed by atoms with Gasteiger partial charge in [0, 0.05) is 5.69 Å². The molecule has 0 aliphatic rings. The van der Waals surface area contributed by atoms with Crippen LogP contribution in [0.4, 0.5) is 23.7 Å². The summed E-state index contributed by atoms with van der Waals surface area (Å²) in [6.45, 7) is 2.13. The van der Waals surface area contributed by atoms with Crippen LogP contribution in [0, 0.1) is 0 Å². The molecule has 0 aliphatic heterocycles. The summed E-state index contributed by atoms with van der Waals surface area (Å²) in [6, 6.07) is 9.20. The van der Waals surface area contributed by atoms with Crippen LogP contribution in [0.3, 0.4) is 0 Å². The first-order valence-electron chi connectivity index (χ1n) is 9.74. The Kier molecular flexibility index (Phi) is 7.62. The highest BCUT2D eigenvalue weighted by molar-refractivity contribution is 7.79. The number of nitrogens with one attached hydrogen (secondary N) is 1. The van der Waals surface area contributed by atoms with Gasteiger partial charge < -0.3 is 10.1 Å². The average Bonchev–Trinajstić information content (AvgIpc) is 3.20. The van der Waals surface area contributed by atoms with Crippen LogP contribution in [-0.4, -0.2) is 27.8 Å². The van der Waals surface area contributed by atoms with Crippen molar-refractivity contribution >= 4 is 52.0 Å². The monoisotopic (exact) mass is 483 g/mol. The predicted octanol–water partition coefficient (Wildman–Crippen LogP) is 6.40. The third kappa shape index (κ3) is 5.71. The van der Waals surface area contributed by atoms with Crippen molar-refractivity contribution in [1.82, 2.24) is 9.29 Å². The van der Waals surface area contributed by atoms with E-state index < -0.39 is 23.7 Å². The zero-order valence-corrected chi connectivity index (χ0v) is 18.7. The van der Waals surface area contributed by atoms with Crippen molar-refractivity contribution in [1.29, 1.82) is 0 Å². The number of hydrogen-bond donors (Lipinski definition) is 2. The Morgan fingerprint density at radius 1 is 1.19 bits per heavy atom. The van der Waals surface area contributed by atoms with Gasteiger partial charge in [-0.1, -0.05) is 44.7 Å². The van der Waals surface area contributed by atoms with Crippen LogP contribution >= 0.6 is 24.2 Å². The zero-order valence-electron chi connectivity index (χ0n) is 17.0. The van der Waals surface area contributed by atoms with E-state index >= 15 is 0 Å². The summed E-state index contributed by atoms with van der Waals surface area (Å²) in [5.74, 6) is -1.11. The standard InChI is InChI=1S/C21H20F3N3O3S2/c1-2-3-6-11-30-16-10-9-13(12-14(16)21(22,23)24)25-20(29)27(31)19(28)18-26-15-7-4-5-8-17(15)32-18/h4-5,7-10,12,31H,2-3,6,11H2,1H3,(H,25,29). The number of fused-ring (bicyclic) bond motifs is 1. The number of urea groups is 1. The molecule has 1 heterocycles. The SMILES string of the molecule is CCCCCOc1ccc(NC(=O)N(S)C(=O)c2nc3ccccc3s2)cc1C(F)(F)F. The quantitative estimate of drug-likeness (QED) is 0.301. The lowest BCUT2D eigenvalue weighted by Gasteiger charge is -2.17. The maximum absolute atomic E-state index is 13.5. The molecule has 2 aromatic carbocycles. The van der Waals surface area contributed by atoms with E-state index in [9.17, 15) is 22.8 Å². The Bertz CT molecular complexity index is 1090. The maximum atomic E-state index is 13.5. The highest BCUT2D eigenvalue weighted by Crippen LogP contribution is 2.38. The second kappa shape index (κ2) is 10.2. The van der Waals surface area contributed by atoms with E-state index in [2.05, 4.69) is 23.1 Å². The number of benzene rings is 2. The number of thiazole rings is 1. The van der Waals surface area contributed by atoms with Gasteiger partial charge in [0.05, 0.1) is 22.4 Å². The number of rotatable bonds is 7. The second-order valence-electron chi connectivity index (χ2n) is 6.80. The van der Waals surface area contributed by atoms with Crippen molar-refractivity contribution in [3.63, 3.8) is 0 Å². The third-order valence-corrected chi connectivity index (χ3v) is 5.79. The normalized spacial score (nSPS) is 11.4. The Morgan fingerprint density at radius 3 is 2.62 bits per heavy atom. The molecule has 0 radical (unpaired) electrons. The van der Waals surface area contributed by atoms with Gasteiger partial charge >= 0.3 is 18.1 Å². The van der Waals surface area contributed by atoms with Crippen molar-refractivity contribution in [3.05, 3.63) is 53.0 Å². The number of ether oxygens (including phenoxy) is 1. The lowest BCUT2D eigenvalue weighted by Crippen LogP contribution is -2.32. The number of anilines is 1. The minimum absolute atomic E-state index is 0.0307. The molecule has 32 heavy (non-hydrogen) atoms. The van der Waals surface area contributed by atoms with Gasteiger partial charge in [-0.3, -0.25) is 4.79 Å². The molecule has 0 unspecified atom stereocenters. The molecule has 0 spiro atoms. The van der Waals surface area contributed by atoms with Gasteiger partial charge in [0.1, 0.15) is 5.75 Å². The number of amides is 3. The number of aromatic nitrogens is 1. The molecule has 0 fully saturated rings. The van der Waals surface area contributed by atoms with E-state index in [1.807, 2.05) is 6.92 Å². The number of halogens is 3. The number of carbonyl (C=O) groups is 2. The number of imide groups is 1. The second-order valence-corrected chi connectivity index (χ2v) is 8.23. The number of unbranched alkanes of at least 4 members (excludes halogenated alkanes) is 2. The number of hydrogen-bond acceptors (Lipinski definition) is 6. The minimum Gasteiger partial charge on any atom is -0.493 e. The molecule has 3 aromatic rings. The summed E-state index contributed by atoms with van der Waals surface area (Å²) in [7, 11) is 0. The lowest BCUT2D eigenvalue weighted by molar-refractivity contribution is -0.138. The first kappa shape index (κ1) is 23.9. The van der Waals surface area contributed by atoms with Crippen LogP contribution in [0.5, 0.6) is 5.75 Å². The van der Waals surface area contributed by atoms with Crippen LogP contribution in [0.25, 0.3) is 10.2 Å². The molecule has 1 aromatic heterocycles. The zero-order chi connectivity index (χ0) is 23.3. The molecule has 1 N–H and O–H groups in total. The molecule has 11 heteroatoms. The summed E-state index contributed by atoms with van der Waals surface area (Å²) >= 11 is 4.98. The van der Waals surface area contributed by atoms with Crippen LogP contribution < -0.4 is 10.1 Å². The van der Waals surface area contributed by atoms with Gasteiger partial charge in [0.2, 0.25) is 0 Å². The molecule has 0 saturated carbocycles. The molecule has 170 valence electrons. The van der Waals surface area contributed by atoms with Crippen molar-refractivity contribution in [3.8, 4) is 5.75 Å². The van der Waals surface area contributed by atoms with Crippen molar-refractivity contribution in [2.45, 2.75) is 32.4 Å². The molecule has 3 amide bonds. The van der Waals surface area contributed by atoms with Gasteiger partial charge in [-0.05, 0) is 36.8 Å². The molecule has 6 nitrogen and oxygen atoms in total. The van der Waals surface area contributed by atoms with Crippen molar-refractivity contribution < 1.29 is 27.5 Å². The van der Waals surface area contributed by atoms with E-state index in [4.69, 9.17) is 4.74 Å². The van der Waals surface area contributed by atoms with Crippen LogP contribution in [0.15, 0.2) is 42.5 Å². The molecular weight excluding hydrogens is 463 g/mol. The van der Waals surface area contributed by atoms with Crippen LogP contribution in [0.1, 0.15) is 41.6 Å². The Morgan fingerprint density at radius 2 is 1.94 bits per heavy atom. The Labute approximate surface area is 191 Å². The fourth-order valence-electron chi connectivity index (χ4n) is 2.81. The highest BCUT2D eigenvalue weighted by Gasteiger charge is 2.35. The predicted molar refractivity (Wildman–Crippen MR) is 120 cm³/mol. The topological polar surface area (TPSA) is 71.5 Å². The third-order valence-electron chi connectivity index (χ3n) is 4.40. The highest BCUT2D eigenvalue weighted by atomic mass is 32.1. The van der Waals surface area contributed by atoms with E-state index in [1.54, 1.807) is 24.3 Å². The van der Waals surface area contributed by atoms with E-state index in [-0.39, 0.29) is 23.1 Å². The maximum Gasteiger partial charge on any atom is 0.420 e. The first-order chi connectivity index (χ1) is 15.2. The fourth-order valence-corrected chi connectivity index (χ4v) is 3.92. The molecule has 0 aliphatic carbocycles. The number of thiol groups is 1. The van der Waals surface area contributed by atoms with E-state index in [1.165, 1.54) is 6.07 Å². The van der Waals surface area contributed by atoms with E-state index in [0.29, 0.717) is 16.2 Å². The van der Waals surface area contributed by atoms with Gasteiger partial charge in [-0.25, -0.2) is 14.1 Å². The van der Waals surface area contributed by atoms with Gasteiger partial charge in [-0.15, -0.1) is 11.3 Å². The summed E-state index contributed by atoms with van der Waals surface area (Å²) in [5.41, 5.74) is -0.582. The fraction of sp³-hybridized carbons (Fsp3) is 0.286. The van der Waals surface area contributed by atoms with Crippen molar-refractivity contribution in [2.24, 2.45) is 0 Å². The molecule has 3 rings (SSSR count).